The standard InChI is InChI=1S/C7H7F5O6S/c8-6(9,10)5(7(11,12)19(14,15)16)18-4(13)3-1-2-17-3/h3,5H,1-2H2,(H,14,15,16). The molecule has 6 nitrogen and oxygen atoms in total. The van der Waals surface area contributed by atoms with Crippen LogP contribution < -0.4 is 0 Å². The van der Waals surface area contributed by atoms with Gasteiger partial charge in [-0.3, -0.25) is 4.55 Å². The highest BCUT2D eigenvalue weighted by Gasteiger charge is 2.66. The third-order valence-electron chi connectivity index (χ3n) is 2.14. The first-order valence-corrected chi connectivity index (χ1v) is 6.05. The summed E-state index contributed by atoms with van der Waals surface area (Å²) in [6, 6.07) is 0. The molecule has 0 spiro atoms. The fourth-order valence-corrected chi connectivity index (χ4v) is 1.53. The minimum atomic E-state index is -6.42. The van der Waals surface area contributed by atoms with Gasteiger partial charge in [-0.15, -0.1) is 0 Å². The largest absolute Gasteiger partial charge is 0.443 e. The smallest absolute Gasteiger partial charge is 0.432 e. The fourth-order valence-electron chi connectivity index (χ4n) is 1.07. The Kier molecular flexibility index (Phi) is 4.08. The Balaban J connectivity index is 2.99. The summed E-state index contributed by atoms with van der Waals surface area (Å²) in [5.74, 6) is -1.78. The molecule has 1 aliphatic rings. The molecule has 19 heavy (non-hydrogen) atoms. The summed E-state index contributed by atoms with van der Waals surface area (Å²) in [6.45, 7) is 0.0329. The highest BCUT2D eigenvalue weighted by atomic mass is 32.2. The van der Waals surface area contributed by atoms with Crippen molar-refractivity contribution in [3.05, 3.63) is 0 Å². The van der Waals surface area contributed by atoms with E-state index in [0.29, 0.717) is 0 Å². The maximum atomic E-state index is 13.0. The number of hydrogen-bond donors (Lipinski definition) is 1. The molecular weight excluding hydrogens is 307 g/mol. The molecular formula is C7H7F5O6S. The van der Waals surface area contributed by atoms with Crippen molar-refractivity contribution in [2.24, 2.45) is 0 Å². The summed E-state index contributed by atoms with van der Waals surface area (Å²) < 4.78 is 99.3. The minimum absolute atomic E-state index is 0.0329. The number of halogens is 5. The van der Waals surface area contributed by atoms with Crippen molar-refractivity contribution in [1.82, 2.24) is 0 Å². The van der Waals surface area contributed by atoms with Crippen molar-refractivity contribution in [3.8, 4) is 0 Å². The summed E-state index contributed by atoms with van der Waals surface area (Å²) in [5, 5.41) is -5.72. The van der Waals surface area contributed by atoms with Gasteiger partial charge in [0.1, 0.15) is 0 Å². The number of rotatable bonds is 4. The van der Waals surface area contributed by atoms with Crippen molar-refractivity contribution in [1.29, 1.82) is 0 Å². The molecule has 1 saturated heterocycles. The summed E-state index contributed by atoms with van der Waals surface area (Å²) in [5.41, 5.74) is 0. The molecule has 0 saturated carbocycles. The van der Waals surface area contributed by atoms with Gasteiger partial charge in [-0.05, 0) is 0 Å². The summed E-state index contributed by atoms with van der Waals surface area (Å²) in [6.07, 6.45) is -11.7. The van der Waals surface area contributed by atoms with E-state index in [-0.39, 0.29) is 13.0 Å². The van der Waals surface area contributed by atoms with Crippen molar-refractivity contribution in [2.45, 2.75) is 30.1 Å². The summed E-state index contributed by atoms with van der Waals surface area (Å²) in [4.78, 5) is 11.0. The average Bonchev–Trinajstić information content (AvgIpc) is 2.06. The molecule has 0 aromatic carbocycles. The molecule has 0 aromatic rings. The van der Waals surface area contributed by atoms with E-state index < -0.39 is 39.7 Å². The van der Waals surface area contributed by atoms with Crippen LogP contribution in [0.3, 0.4) is 0 Å². The number of alkyl halides is 5. The quantitative estimate of drug-likeness (QED) is 0.467. The molecule has 112 valence electrons. The molecule has 0 bridgehead atoms. The Morgan fingerprint density at radius 1 is 1.32 bits per heavy atom. The minimum Gasteiger partial charge on any atom is -0.443 e. The Morgan fingerprint density at radius 3 is 2.05 bits per heavy atom. The van der Waals surface area contributed by atoms with E-state index in [2.05, 4.69) is 9.47 Å². The molecule has 12 heteroatoms. The van der Waals surface area contributed by atoms with E-state index in [4.69, 9.17) is 4.55 Å². The molecule has 0 radical (unpaired) electrons. The zero-order chi connectivity index (χ0) is 15.1. The third-order valence-corrected chi connectivity index (χ3v) is 3.04. The summed E-state index contributed by atoms with van der Waals surface area (Å²) in [7, 11) is -6.42. The second-order valence-corrected chi connectivity index (χ2v) is 5.04. The third kappa shape index (κ3) is 3.30. The molecule has 0 aromatic heterocycles. The molecule has 1 rings (SSSR count). The van der Waals surface area contributed by atoms with Gasteiger partial charge in [-0.25, -0.2) is 4.79 Å². The van der Waals surface area contributed by atoms with E-state index in [1.54, 1.807) is 0 Å². The maximum Gasteiger partial charge on any atom is 0.432 e. The Morgan fingerprint density at radius 2 is 1.79 bits per heavy atom. The van der Waals surface area contributed by atoms with Crippen LogP contribution in [0.25, 0.3) is 0 Å². The Bertz CT molecular complexity index is 453. The van der Waals surface area contributed by atoms with Gasteiger partial charge in [0.05, 0.1) is 6.61 Å². The predicted octanol–water partition coefficient (Wildman–Crippen LogP) is 0.730. The van der Waals surface area contributed by atoms with Crippen molar-refractivity contribution < 1.29 is 49.2 Å². The zero-order valence-corrected chi connectivity index (χ0v) is 9.67. The van der Waals surface area contributed by atoms with Gasteiger partial charge in [-0.2, -0.15) is 30.4 Å². The molecule has 1 aliphatic heterocycles. The van der Waals surface area contributed by atoms with Crippen molar-refractivity contribution >= 4 is 16.1 Å². The summed E-state index contributed by atoms with van der Waals surface area (Å²) >= 11 is 0. The molecule has 2 atom stereocenters. The monoisotopic (exact) mass is 314 g/mol. The highest BCUT2D eigenvalue weighted by Crippen LogP contribution is 2.38. The van der Waals surface area contributed by atoms with Crippen LogP contribution in [0.4, 0.5) is 22.0 Å². The lowest BCUT2D eigenvalue weighted by Gasteiger charge is -2.30. The first-order valence-electron chi connectivity index (χ1n) is 4.61. The lowest BCUT2D eigenvalue weighted by atomic mass is 10.2. The number of carbonyl (C=O) groups excluding carboxylic acids is 1. The van der Waals surface area contributed by atoms with E-state index in [1.807, 2.05) is 0 Å². The van der Waals surface area contributed by atoms with E-state index in [1.165, 1.54) is 0 Å². The van der Waals surface area contributed by atoms with Crippen LogP contribution in [0.15, 0.2) is 0 Å². The first-order chi connectivity index (χ1) is 8.37. The molecule has 1 fully saturated rings. The molecule has 0 aliphatic carbocycles. The Hall–Kier alpha value is -1.01. The fraction of sp³-hybridized carbons (Fsp3) is 0.857. The topological polar surface area (TPSA) is 89.9 Å². The number of carbonyl (C=O) groups is 1. The highest BCUT2D eigenvalue weighted by molar-refractivity contribution is 7.86. The predicted molar refractivity (Wildman–Crippen MR) is 46.8 cm³/mol. The lowest BCUT2D eigenvalue weighted by molar-refractivity contribution is -0.265. The van der Waals surface area contributed by atoms with Gasteiger partial charge in [0, 0.05) is 6.42 Å². The van der Waals surface area contributed by atoms with Gasteiger partial charge in [0.25, 0.3) is 6.10 Å². The Labute approximate surface area is 103 Å². The number of esters is 1. The van der Waals surface area contributed by atoms with Gasteiger partial charge in [-0.1, -0.05) is 0 Å². The van der Waals surface area contributed by atoms with Crippen LogP contribution in [0.2, 0.25) is 0 Å². The lowest BCUT2D eigenvalue weighted by Crippen LogP contribution is -2.54. The maximum absolute atomic E-state index is 13.0. The van der Waals surface area contributed by atoms with Crippen LogP contribution in [-0.4, -0.2) is 49.2 Å². The normalized spacial score (nSPS) is 22.5. The van der Waals surface area contributed by atoms with Crippen LogP contribution in [-0.2, 0) is 24.4 Å². The van der Waals surface area contributed by atoms with Crippen LogP contribution in [0, 0.1) is 0 Å². The van der Waals surface area contributed by atoms with E-state index in [9.17, 15) is 35.2 Å². The zero-order valence-electron chi connectivity index (χ0n) is 8.86. The van der Waals surface area contributed by atoms with E-state index >= 15 is 0 Å². The van der Waals surface area contributed by atoms with Crippen LogP contribution in [0.5, 0.6) is 0 Å². The first kappa shape index (κ1) is 16.0. The molecule has 2 unspecified atom stereocenters. The number of ether oxygens (including phenoxy) is 2. The van der Waals surface area contributed by atoms with E-state index in [0.717, 1.165) is 0 Å². The van der Waals surface area contributed by atoms with Crippen molar-refractivity contribution in [3.63, 3.8) is 0 Å². The van der Waals surface area contributed by atoms with Gasteiger partial charge < -0.3 is 9.47 Å². The van der Waals surface area contributed by atoms with Crippen molar-refractivity contribution in [2.75, 3.05) is 6.61 Å². The average molecular weight is 314 g/mol. The molecule has 1 heterocycles. The SMILES string of the molecule is O=C(OC(C(F)(F)F)C(F)(F)S(=O)(=O)O)C1CCO1. The number of hydrogen-bond acceptors (Lipinski definition) is 5. The van der Waals surface area contributed by atoms with Crippen LogP contribution in [0.1, 0.15) is 6.42 Å². The molecule has 0 amide bonds. The van der Waals surface area contributed by atoms with Gasteiger partial charge >= 0.3 is 27.5 Å². The second kappa shape index (κ2) is 4.83. The second-order valence-electron chi connectivity index (χ2n) is 3.54. The van der Waals surface area contributed by atoms with Crippen LogP contribution >= 0.6 is 0 Å². The van der Waals surface area contributed by atoms with Gasteiger partial charge in [0.15, 0.2) is 6.10 Å². The molecule has 1 N–H and O–H groups in total. The van der Waals surface area contributed by atoms with Gasteiger partial charge in [0.2, 0.25) is 0 Å².